The molecule has 112 valence electrons. The van der Waals surface area contributed by atoms with Crippen molar-refractivity contribution < 1.29 is 9.53 Å². The average molecular weight is 377 g/mol. The van der Waals surface area contributed by atoms with Gasteiger partial charge in [-0.05, 0) is 30.7 Å². The number of rotatable bonds is 2. The smallest absolute Gasteiger partial charge is 0.350 e. The van der Waals surface area contributed by atoms with Crippen molar-refractivity contribution >= 4 is 49.1 Å². The molecule has 3 rings (SSSR count). The van der Waals surface area contributed by atoms with E-state index in [0.29, 0.717) is 10.6 Å². The number of esters is 1. The Morgan fingerprint density at radius 1 is 1.32 bits per heavy atom. The molecule has 0 spiro atoms. The summed E-state index contributed by atoms with van der Waals surface area (Å²) in [6, 6.07) is 9.92. The number of carbonyl (C=O) groups excluding carboxylic acids is 1. The first-order valence-electron chi connectivity index (χ1n) is 6.55. The molecular formula is C16H13BrN2O2S. The van der Waals surface area contributed by atoms with Crippen molar-refractivity contribution in [2.75, 3.05) is 12.8 Å². The zero-order valence-corrected chi connectivity index (χ0v) is 14.4. The van der Waals surface area contributed by atoms with E-state index in [4.69, 9.17) is 10.5 Å². The van der Waals surface area contributed by atoms with Crippen LogP contribution in [0, 0.1) is 6.92 Å². The summed E-state index contributed by atoms with van der Waals surface area (Å²) in [4.78, 5) is 17.6. The third kappa shape index (κ3) is 2.48. The number of aromatic nitrogens is 1. The number of hydrogen-bond acceptors (Lipinski definition) is 5. The topological polar surface area (TPSA) is 65.2 Å². The van der Waals surface area contributed by atoms with Crippen LogP contribution in [0.25, 0.3) is 21.5 Å². The lowest BCUT2D eigenvalue weighted by molar-refractivity contribution is 0.0607. The minimum Gasteiger partial charge on any atom is -0.465 e. The molecule has 0 unspecified atom stereocenters. The molecule has 0 aliphatic carbocycles. The minimum atomic E-state index is -0.426. The van der Waals surface area contributed by atoms with Crippen LogP contribution in [0.2, 0.25) is 0 Å². The fourth-order valence-electron chi connectivity index (χ4n) is 2.32. The summed E-state index contributed by atoms with van der Waals surface area (Å²) in [5.41, 5.74) is 9.39. The first-order valence-corrected chi connectivity index (χ1v) is 8.16. The van der Waals surface area contributed by atoms with E-state index in [-0.39, 0.29) is 0 Å². The molecule has 0 fully saturated rings. The Labute approximate surface area is 140 Å². The number of anilines is 1. The molecule has 2 N–H and O–H groups in total. The molecule has 1 aromatic carbocycles. The third-order valence-corrected chi connectivity index (χ3v) is 5.02. The number of hydrogen-bond donors (Lipinski definition) is 1. The Bertz CT molecular complexity index is 872. The maximum Gasteiger partial charge on any atom is 0.350 e. The number of thiophene rings is 1. The van der Waals surface area contributed by atoms with Gasteiger partial charge in [0.25, 0.3) is 0 Å². The van der Waals surface area contributed by atoms with Crippen LogP contribution in [0.1, 0.15) is 15.2 Å². The van der Waals surface area contributed by atoms with E-state index in [0.717, 1.165) is 31.5 Å². The van der Waals surface area contributed by atoms with E-state index in [1.165, 1.54) is 18.4 Å². The number of aryl methyl sites for hydroxylation is 1. The van der Waals surface area contributed by atoms with Crippen molar-refractivity contribution in [3.63, 3.8) is 0 Å². The molecule has 0 aliphatic rings. The van der Waals surface area contributed by atoms with E-state index in [1.54, 1.807) is 0 Å². The number of nitrogens with zero attached hydrogens (tertiary/aromatic N) is 1. The standard InChI is InChI=1S/C16H13BrN2O2S/c1-8-7-11(9-3-5-10(17)6-4-9)19-15-12(8)13(18)14(22-15)16(20)21-2/h3-7H,18H2,1-2H3. The van der Waals surface area contributed by atoms with Crippen molar-refractivity contribution in [3.8, 4) is 11.3 Å². The first-order chi connectivity index (χ1) is 10.5. The van der Waals surface area contributed by atoms with Gasteiger partial charge in [-0.3, -0.25) is 0 Å². The second-order valence-corrected chi connectivity index (χ2v) is 6.76. The number of fused-ring (bicyclic) bond motifs is 1. The predicted molar refractivity (Wildman–Crippen MR) is 93.2 cm³/mol. The van der Waals surface area contributed by atoms with Crippen LogP contribution in [0.5, 0.6) is 0 Å². The number of pyridine rings is 1. The van der Waals surface area contributed by atoms with Gasteiger partial charge in [-0.2, -0.15) is 0 Å². The lowest BCUT2D eigenvalue weighted by Crippen LogP contribution is -2.01. The summed E-state index contributed by atoms with van der Waals surface area (Å²) < 4.78 is 5.79. The third-order valence-electron chi connectivity index (χ3n) is 3.41. The quantitative estimate of drug-likeness (QED) is 0.673. The van der Waals surface area contributed by atoms with Gasteiger partial charge >= 0.3 is 5.97 Å². The van der Waals surface area contributed by atoms with E-state index in [9.17, 15) is 4.79 Å². The average Bonchev–Trinajstić information content (AvgIpc) is 2.84. The molecule has 3 aromatic rings. The van der Waals surface area contributed by atoms with Crippen LogP contribution in [-0.4, -0.2) is 18.1 Å². The number of benzene rings is 1. The van der Waals surface area contributed by atoms with Gasteiger partial charge < -0.3 is 10.5 Å². The number of halogens is 1. The Hall–Kier alpha value is -1.92. The van der Waals surface area contributed by atoms with Crippen molar-refractivity contribution in [3.05, 3.63) is 45.2 Å². The lowest BCUT2D eigenvalue weighted by atomic mass is 10.1. The van der Waals surface area contributed by atoms with Crippen molar-refractivity contribution in [2.24, 2.45) is 0 Å². The van der Waals surface area contributed by atoms with Gasteiger partial charge in [0.2, 0.25) is 0 Å². The SMILES string of the molecule is COC(=O)c1sc2nc(-c3ccc(Br)cc3)cc(C)c2c1N. The first kappa shape index (κ1) is 15.0. The van der Waals surface area contributed by atoms with Crippen LogP contribution < -0.4 is 5.73 Å². The van der Waals surface area contributed by atoms with Crippen molar-refractivity contribution in [1.29, 1.82) is 0 Å². The van der Waals surface area contributed by atoms with E-state index in [2.05, 4.69) is 20.9 Å². The maximum absolute atomic E-state index is 11.8. The normalized spacial score (nSPS) is 10.9. The monoisotopic (exact) mass is 376 g/mol. The number of methoxy groups -OCH3 is 1. The van der Waals surface area contributed by atoms with E-state index in [1.807, 2.05) is 37.3 Å². The molecule has 0 saturated heterocycles. The van der Waals surface area contributed by atoms with Crippen LogP contribution in [0.15, 0.2) is 34.8 Å². The van der Waals surface area contributed by atoms with Gasteiger partial charge in [0, 0.05) is 15.4 Å². The summed E-state index contributed by atoms with van der Waals surface area (Å²) in [7, 11) is 1.35. The highest BCUT2D eigenvalue weighted by Gasteiger charge is 2.19. The molecule has 0 bridgehead atoms. The molecule has 0 atom stereocenters. The molecule has 0 amide bonds. The van der Waals surface area contributed by atoms with Crippen LogP contribution in [0.3, 0.4) is 0 Å². The van der Waals surface area contributed by atoms with E-state index >= 15 is 0 Å². The molecule has 4 nitrogen and oxygen atoms in total. The number of nitrogen functional groups attached to an aromatic ring is 1. The second kappa shape index (κ2) is 5.70. The highest BCUT2D eigenvalue weighted by molar-refractivity contribution is 9.10. The Morgan fingerprint density at radius 3 is 2.64 bits per heavy atom. The number of ether oxygens (including phenoxy) is 1. The predicted octanol–water partition coefficient (Wildman–Crippen LogP) is 4.40. The van der Waals surface area contributed by atoms with Crippen LogP contribution >= 0.6 is 27.3 Å². The Morgan fingerprint density at radius 2 is 2.00 bits per heavy atom. The Balaban J connectivity index is 2.20. The van der Waals surface area contributed by atoms with Crippen molar-refractivity contribution in [2.45, 2.75) is 6.92 Å². The molecule has 0 saturated carbocycles. The summed E-state index contributed by atoms with van der Waals surface area (Å²) in [6.07, 6.45) is 0. The highest BCUT2D eigenvalue weighted by atomic mass is 79.9. The molecule has 2 aromatic heterocycles. The van der Waals surface area contributed by atoms with E-state index < -0.39 is 5.97 Å². The van der Waals surface area contributed by atoms with Gasteiger partial charge in [0.1, 0.15) is 9.71 Å². The fourth-order valence-corrected chi connectivity index (χ4v) is 3.68. The molecule has 6 heteroatoms. The summed E-state index contributed by atoms with van der Waals surface area (Å²) in [6.45, 7) is 1.97. The summed E-state index contributed by atoms with van der Waals surface area (Å²) >= 11 is 4.69. The molecule has 0 radical (unpaired) electrons. The van der Waals surface area contributed by atoms with Gasteiger partial charge in [-0.15, -0.1) is 11.3 Å². The van der Waals surface area contributed by atoms with Crippen LogP contribution in [-0.2, 0) is 4.74 Å². The van der Waals surface area contributed by atoms with Gasteiger partial charge in [-0.1, -0.05) is 28.1 Å². The largest absolute Gasteiger partial charge is 0.465 e. The Kier molecular flexibility index (Phi) is 3.88. The molecule has 2 heterocycles. The van der Waals surface area contributed by atoms with Crippen molar-refractivity contribution in [1.82, 2.24) is 4.98 Å². The number of carbonyl (C=O) groups is 1. The molecular weight excluding hydrogens is 364 g/mol. The minimum absolute atomic E-state index is 0.404. The maximum atomic E-state index is 11.8. The highest BCUT2D eigenvalue weighted by Crippen LogP contribution is 2.37. The summed E-state index contributed by atoms with van der Waals surface area (Å²) in [5.74, 6) is -0.426. The van der Waals surface area contributed by atoms with Gasteiger partial charge in [-0.25, -0.2) is 9.78 Å². The zero-order valence-electron chi connectivity index (χ0n) is 12.0. The summed E-state index contributed by atoms with van der Waals surface area (Å²) in [5, 5.41) is 0.825. The number of nitrogens with two attached hydrogens (primary N) is 1. The lowest BCUT2D eigenvalue weighted by Gasteiger charge is -2.04. The zero-order chi connectivity index (χ0) is 15.9. The second-order valence-electron chi connectivity index (χ2n) is 4.85. The van der Waals surface area contributed by atoms with Gasteiger partial charge in [0.15, 0.2) is 0 Å². The molecule has 22 heavy (non-hydrogen) atoms. The molecule has 0 aliphatic heterocycles. The van der Waals surface area contributed by atoms with Crippen LogP contribution in [0.4, 0.5) is 5.69 Å². The van der Waals surface area contributed by atoms with Gasteiger partial charge in [0.05, 0.1) is 18.5 Å². The fraction of sp³-hybridized carbons (Fsp3) is 0.125.